The van der Waals surface area contributed by atoms with Crippen molar-refractivity contribution in [2.45, 2.75) is 13.5 Å². The number of carbonyl (C=O) groups is 2. The van der Waals surface area contributed by atoms with Crippen molar-refractivity contribution in [2.24, 2.45) is 5.73 Å². The van der Waals surface area contributed by atoms with E-state index in [9.17, 15) is 9.59 Å². The number of nitrogens with two attached hydrogens (primary N) is 1. The fourth-order valence-corrected chi connectivity index (χ4v) is 1.99. The molecule has 1 fully saturated rings. The van der Waals surface area contributed by atoms with E-state index >= 15 is 0 Å². The predicted octanol–water partition coefficient (Wildman–Crippen LogP) is -0.0835. The summed E-state index contributed by atoms with van der Waals surface area (Å²) in [5.74, 6) is -0.547. The molecule has 0 radical (unpaired) electrons. The van der Waals surface area contributed by atoms with E-state index in [0.29, 0.717) is 6.54 Å². The van der Waals surface area contributed by atoms with Crippen LogP contribution in [0, 0.1) is 6.92 Å². The van der Waals surface area contributed by atoms with Crippen molar-refractivity contribution < 1.29 is 9.59 Å². The first-order valence-electron chi connectivity index (χ1n) is 5.47. The predicted molar refractivity (Wildman–Crippen MR) is 64.4 cm³/mol. The van der Waals surface area contributed by atoms with Crippen molar-refractivity contribution in [3.63, 3.8) is 0 Å². The largest absolute Gasteiger partial charge is 0.353 e. The van der Waals surface area contributed by atoms with Crippen LogP contribution in [-0.2, 0) is 16.1 Å². The van der Waals surface area contributed by atoms with Gasteiger partial charge < -0.3 is 10.6 Å². The molecule has 5 heteroatoms. The minimum Gasteiger partial charge on any atom is -0.353 e. The first-order chi connectivity index (χ1) is 8.10. The van der Waals surface area contributed by atoms with Crippen LogP contribution in [0.15, 0.2) is 18.2 Å². The third kappa shape index (κ3) is 2.45. The zero-order valence-corrected chi connectivity index (χ0v) is 9.69. The Morgan fingerprint density at radius 2 is 1.94 bits per heavy atom. The van der Waals surface area contributed by atoms with Gasteiger partial charge in [-0.3, -0.25) is 14.9 Å². The minimum atomic E-state index is -0.273. The van der Waals surface area contributed by atoms with Crippen molar-refractivity contribution in [3.05, 3.63) is 29.3 Å². The third-order valence-electron chi connectivity index (χ3n) is 2.74. The van der Waals surface area contributed by atoms with Crippen molar-refractivity contribution in [1.82, 2.24) is 5.32 Å². The number of rotatable bonds is 2. The van der Waals surface area contributed by atoms with E-state index in [4.69, 9.17) is 5.73 Å². The van der Waals surface area contributed by atoms with Crippen molar-refractivity contribution in [1.29, 1.82) is 0 Å². The average Bonchev–Trinajstić information content (AvgIpc) is 2.27. The van der Waals surface area contributed by atoms with E-state index < -0.39 is 0 Å². The van der Waals surface area contributed by atoms with Crippen molar-refractivity contribution in [3.8, 4) is 0 Å². The number of amides is 2. The van der Waals surface area contributed by atoms with Gasteiger partial charge in [0, 0.05) is 12.2 Å². The van der Waals surface area contributed by atoms with Crippen LogP contribution in [-0.4, -0.2) is 24.9 Å². The normalized spacial score (nSPS) is 16.0. The topological polar surface area (TPSA) is 75.4 Å². The first kappa shape index (κ1) is 11.6. The second-order valence-corrected chi connectivity index (χ2v) is 4.16. The summed E-state index contributed by atoms with van der Waals surface area (Å²) < 4.78 is 0. The Hall–Kier alpha value is -1.88. The lowest BCUT2D eigenvalue weighted by Gasteiger charge is -2.29. The molecule has 17 heavy (non-hydrogen) atoms. The Kier molecular flexibility index (Phi) is 3.10. The van der Waals surface area contributed by atoms with Gasteiger partial charge in [-0.1, -0.05) is 17.7 Å². The summed E-state index contributed by atoms with van der Waals surface area (Å²) in [4.78, 5) is 24.4. The molecule has 3 N–H and O–H groups in total. The highest BCUT2D eigenvalue weighted by Gasteiger charge is 2.23. The van der Waals surface area contributed by atoms with Crippen LogP contribution in [0.1, 0.15) is 11.1 Å². The fourth-order valence-electron chi connectivity index (χ4n) is 1.99. The summed E-state index contributed by atoms with van der Waals surface area (Å²) in [6.45, 7) is 2.77. The minimum absolute atomic E-state index is 0.196. The number of hydrogen-bond donors (Lipinski definition) is 2. The van der Waals surface area contributed by atoms with Crippen molar-refractivity contribution in [2.75, 3.05) is 18.0 Å². The Morgan fingerprint density at radius 1 is 1.29 bits per heavy atom. The summed E-state index contributed by atoms with van der Waals surface area (Å²) in [5, 5.41) is 2.28. The van der Waals surface area contributed by atoms with Gasteiger partial charge in [0.25, 0.3) is 0 Å². The average molecular weight is 233 g/mol. The molecular weight excluding hydrogens is 218 g/mol. The number of nitrogens with zero attached hydrogens (tertiary/aromatic N) is 1. The van der Waals surface area contributed by atoms with E-state index in [1.165, 1.54) is 0 Å². The molecule has 1 aromatic carbocycles. The van der Waals surface area contributed by atoms with Gasteiger partial charge in [-0.05, 0) is 18.6 Å². The zero-order chi connectivity index (χ0) is 12.4. The molecule has 2 amide bonds. The van der Waals surface area contributed by atoms with Crippen molar-refractivity contribution >= 4 is 17.5 Å². The van der Waals surface area contributed by atoms with E-state index in [2.05, 4.69) is 5.32 Å². The van der Waals surface area contributed by atoms with Crippen LogP contribution in [0.25, 0.3) is 0 Å². The van der Waals surface area contributed by atoms with Gasteiger partial charge in [0.05, 0.1) is 13.1 Å². The maximum Gasteiger partial charge on any atom is 0.246 e. The molecular formula is C12H15N3O2. The highest BCUT2D eigenvalue weighted by molar-refractivity contribution is 6.02. The van der Waals surface area contributed by atoms with Gasteiger partial charge in [0.15, 0.2) is 0 Å². The summed E-state index contributed by atoms with van der Waals surface area (Å²) in [7, 11) is 0. The smallest absolute Gasteiger partial charge is 0.246 e. The Labute approximate surface area is 99.6 Å². The molecule has 5 nitrogen and oxygen atoms in total. The number of benzene rings is 1. The summed E-state index contributed by atoms with van der Waals surface area (Å²) in [5.41, 5.74) is 8.61. The molecule has 0 atom stereocenters. The first-order valence-corrected chi connectivity index (χ1v) is 5.47. The maximum atomic E-state index is 11.3. The maximum absolute atomic E-state index is 11.3. The highest BCUT2D eigenvalue weighted by atomic mass is 16.2. The quantitative estimate of drug-likeness (QED) is 0.700. The molecule has 1 heterocycles. The van der Waals surface area contributed by atoms with Gasteiger partial charge >= 0.3 is 0 Å². The van der Waals surface area contributed by atoms with Gasteiger partial charge in [-0.15, -0.1) is 0 Å². The summed E-state index contributed by atoms with van der Waals surface area (Å²) in [6.07, 6.45) is 0. The Balaban J connectivity index is 2.32. The molecule has 0 bridgehead atoms. The van der Waals surface area contributed by atoms with Crippen LogP contribution in [0.5, 0.6) is 0 Å². The van der Waals surface area contributed by atoms with Gasteiger partial charge in [-0.2, -0.15) is 0 Å². The number of piperazine rings is 1. The molecule has 0 aliphatic carbocycles. The number of anilines is 1. The number of nitrogens with one attached hydrogen (secondary N) is 1. The molecule has 1 saturated heterocycles. The van der Waals surface area contributed by atoms with Crippen LogP contribution in [0.4, 0.5) is 5.69 Å². The molecule has 1 aliphatic rings. The fraction of sp³-hybridized carbons (Fsp3) is 0.333. The lowest BCUT2D eigenvalue weighted by Crippen LogP contribution is -2.51. The summed E-state index contributed by atoms with van der Waals surface area (Å²) >= 11 is 0. The molecule has 0 unspecified atom stereocenters. The lowest BCUT2D eigenvalue weighted by atomic mass is 10.1. The molecule has 0 aromatic heterocycles. The van der Waals surface area contributed by atoms with Gasteiger partial charge in [-0.25, -0.2) is 0 Å². The van der Waals surface area contributed by atoms with Crippen LogP contribution < -0.4 is 16.0 Å². The highest BCUT2D eigenvalue weighted by Crippen LogP contribution is 2.22. The Morgan fingerprint density at radius 3 is 2.53 bits per heavy atom. The van der Waals surface area contributed by atoms with Crippen LogP contribution in [0.2, 0.25) is 0 Å². The number of hydrogen-bond acceptors (Lipinski definition) is 4. The molecule has 0 spiro atoms. The molecule has 2 rings (SSSR count). The summed E-state index contributed by atoms with van der Waals surface area (Å²) in [6, 6.07) is 5.83. The SMILES string of the molecule is Cc1ccc(N2CC(=O)NC(=O)C2)c(CN)c1. The second kappa shape index (κ2) is 4.55. The lowest BCUT2D eigenvalue weighted by molar-refractivity contribution is -0.130. The number of carbonyl (C=O) groups excluding carboxylic acids is 2. The van der Waals surface area contributed by atoms with Gasteiger partial charge in [0.1, 0.15) is 0 Å². The number of aryl methyl sites for hydroxylation is 1. The number of imide groups is 1. The van der Waals surface area contributed by atoms with E-state index in [0.717, 1.165) is 16.8 Å². The van der Waals surface area contributed by atoms with Crippen LogP contribution >= 0.6 is 0 Å². The third-order valence-corrected chi connectivity index (χ3v) is 2.74. The van der Waals surface area contributed by atoms with Gasteiger partial charge in [0.2, 0.25) is 11.8 Å². The monoisotopic (exact) mass is 233 g/mol. The van der Waals surface area contributed by atoms with E-state index in [1.54, 1.807) is 4.90 Å². The van der Waals surface area contributed by atoms with E-state index in [1.807, 2.05) is 25.1 Å². The molecule has 90 valence electrons. The molecule has 0 saturated carbocycles. The zero-order valence-electron chi connectivity index (χ0n) is 9.69. The second-order valence-electron chi connectivity index (χ2n) is 4.16. The molecule has 1 aromatic rings. The standard InChI is InChI=1S/C12H15N3O2/c1-8-2-3-10(9(4-8)5-13)15-6-11(16)14-12(17)7-15/h2-4H,5-7,13H2,1H3,(H,14,16,17). The van der Waals surface area contributed by atoms with E-state index in [-0.39, 0.29) is 24.9 Å². The van der Waals surface area contributed by atoms with Crippen LogP contribution in [0.3, 0.4) is 0 Å². The Bertz CT molecular complexity index is 455. The molecule has 1 aliphatic heterocycles.